The SMILES string of the molecule is Cc1ccc(CNC(=O)C2=C(C(C)C)N(CC[C@@H](O)C[C@@H](O)CC(=O)O)N(c3ccc(F)cc3)C2)cc1. The molecule has 0 radical (unpaired) electrons. The van der Waals surface area contributed by atoms with Crippen molar-refractivity contribution >= 4 is 17.6 Å². The van der Waals surface area contributed by atoms with Crippen molar-refractivity contribution in [1.29, 1.82) is 0 Å². The molecule has 8 nitrogen and oxygen atoms in total. The lowest BCUT2D eigenvalue weighted by Gasteiger charge is -2.36. The molecule has 37 heavy (non-hydrogen) atoms. The number of carbonyl (C=O) groups is 2. The van der Waals surface area contributed by atoms with E-state index in [4.69, 9.17) is 5.11 Å². The molecular weight excluding hydrogens is 477 g/mol. The molecule has 1 aliphatic heterocycles. The number of nitrogens with one attached hydrogen (secondary N) is 1. The van der Waals surface area contributed by atoms with Crippen LogP contribution in [0.3, 0.4) is 0 Å². The van der Waals surface area contributed by atoms with Crippen molar-refractivity contribution < 1.29 is 29.3 Å². The average Bonchev–Trinajstić information content (AvgIpc) is 3.22. The maximum atomic E-state index is 13.6. The van der Waals surface area contributed by atoms with E-state index in [-0.39, 0.29) is 37.0 Å². The number of hydrazine groups is 1. The Labute approximate surface area is 217 Å². The molecule has 200 valence electrons. The van der Waals surface area contributed by atoms with Crippen LogP contribution in [-0.4, -0.2) is 57.5 Å². The number of carbonyl (C=O) groups excluding carboxylic acids is 1. The number of carboxylic acid groups (broad SMARTS) is 1. The number of rotatable bonds is 12. The van der Waals surface area contributed by atoms with Gasteiger partial charge < -0.3 is 20.6 Å². The molecule has 2 aromatic rings. The Balaban J connectivity index is 1.81. The van der Waals surface area contributed by atoms with Crippen molar-refractivity contribution in [3.8, 4) is 0 Å². The number of hydrogen-bond donors (Lipinski definition) is 4. The molecule has 1 heterocycles. The maximum absolute atomic E-state index is 13.6. The fourth-order valence-electron chi connectivity index (χ4n) is 4.50. The number of benzene rings is 2. The van der Waals surface area contributed by atoms with Crippen molar-refractivity contribution in [2.75, 3.05) is 18.1 Å². The van der Waals surface area contributed by atoms with E-state index in [9.17, 15) is 24.2 Å². The summed E-state index contributed by atoms with van der Waals surface area (Å²) >= 11 is 0. The molecule has 2 aromatic carbocycles. The minimum atomic E-state index is -1.15. The number of nitrogens with zero attached hydrogens (tertiary/aromatic N) is 2. The summed E-state index contributed by atoms with van der Waals surface area (Å²) in [5, 5.41) is 36.0. The standard InChI is InChI=1S/C28H36FN3O5/c1-18(2)27-25(28(37)30-16-20-6-4-19(3)5-7-20)17-32(22-10-8-21(29)9-11-22)31(27)13-12-23(33)14-24(34)15-26(35)36/h4-11,18,23-24,33-34H,12-17H2,1-3H3,(H,30,37)(H,35,36)/t23-,24-/m1/s1. The molecular formula is C28H36FN3O5. The van der Waals surface area contributed by atoms with Gasteiger partial charge in [0.1, 0.15) is 5.82 Å². The summed E-state index contributed by atoms with van der Waals surface area (Å²) in [5.41, 5.74) is 4.20. The predicted molar refractivity (Wildman–Crippen MR) is 139 cm³/mol. The number of aliphatic hydroxyl groups is 2. The number of carboxylic acids is 1. The second kappa shape index (κ2) is 12.7. The Morgan fingerprint density at radius 1 is 1.03 bits per heavy atom. The van der Waals surface area contributed by atoms with Crippen LogP contribution in [0.15, 0.2) is 59.8 Å². The maximum Gasteiger partial charge on any atom is 0.305 e. The van der Waals surface area contributed by atoms with Crippen molar-refractivity contribution in [2.24, 2.45) is 5.92 Å². The third-order valence-corrected chi connectivity index (χ3v) is 6.33. The molecule has 0 fully saturated rings. The van der Waals surface area contributed by atoms with Crippen LogP contribution in [0.2, 0.25) is 0 Å². The molecule has 9 heteroatoms. The van der Waals surface area contributed by atoms with Crippen LogP contribution in [0.5, 0.6) is 0 Å². The predicted octanol–water partition coefficient (Wildman–Crippen LogP) is 3.37. The highest BCUT2D eigenvalue weighted by molar-refractivity contribution is 5.96. The van der Waals surface area contributed by atoms with Crippen LogP contribution < -0.4 is 10.3 Å². The molecule has 0 saturated carbocycles. The first-order valence-electron chi connectivity index (χ1n) is 12.5. The van der Waals surface area contributed by atoms with E-state index in [0.717, 1.165) is 16.8 Å². The fraction of sp³-hybridized carbons (Fsp3) is 0.429. The third-order valence-electron chi connectivity index (χ3n) is 6.33. The van der Waals surface area contributed by atoms with Crippen LogP contribution in [-0.2, 0) is 16.1 Å². The van der Waals surface area contributed by atoms with Gasteiger partial charge in [0.05, 0.1) is 36.4 Å². The van der Waals surface area contributed by atoms with Crippen molar-refractivity contribution in [3.05, 3.63) is 76.7 Å². The molecule has 1 aliphatic rings. The van der Waals surface area contributed by atoms with Crippen LogP contribution in [0.4, 0.5) is 10.1 Å². The summed E-state index contributed by atoms with van der Waals surface area (Å²) in [7, 11) is 0. The molecule has 0 saturated heterocycles. The summed E-state index contributed by atoms with van der Waals surface area (Å²) < 4.78 is 13.6. The minimum Gasteiger partial charge on any atom is -0.481 e. The Kier molecular flexibility index (Phi) is 9.66. The van der Waals surface area contributed by atoms with Crippen LogP contribution >= 0.6 is 0 Å². The van der Waals surface area contributed by atoms with Gasteiger partial charge in [-0.3, -0.25) is 19.6 Å². The van der Waals surface area contributed by atoms with E-state index in [1.54, 1.807) is 12.1 Å². The van der Waals surface area contributed by atoms with Gasteiger partial charge in [0.2, 0.25) is 0 Å². The van der Waals surface area contributed by atoms with Gasteiger partial charge in [0.25, 0.3) is 5.91 Å². The third kappa shape index (κ3) is 7.77. The summed E-state index contributed by atoms with van der Waals surface area (Å²) in [6.07, 6.45) is -2.35. The first kappa shape index (κ1) is 28.1. The molecule has 0 bridgehead atoms. The lowest BCUT2D eigenvalue weighted by Crippen LogP contribution is -2.40. The monoisotopic (exact) mass is 513 g/mol. The highest BCUT2D eigenvalue weighted by atomic mass is 19.1. The highest BCUT2D eigenvalue weighted by Crippen LogP contribution is 2.34. The van der Waals surface area contributed by atoms with Gasteiger partial charge in [-0.05, 0) is 55.5 Å². The lowest BCUT2D eigenvalue weighted by atomic mass is 10.0. The number of hydrogen-bond acceptors (Lipinski definition) is 6. The summed E-state index contributed by atoms with van der Waals surface area (Å²) in [4.78, 5) is 24.2. The Hall–Kier alpha value is -3.43. The highest BCUT2D eigenvalue weighted by Gasteiger charge is 2.35. The van der Waals surface area contributed by atoms with E-state index in [1.807, 2.05) is 55.1 Å². The van der Waals surface area contributed by atoms with Gasteiger partial charge >= 0.3 is 5.97 Å². The number of aliphatic carboxylic acids is 1. The Morgan fingerprint density at radius 2 is 1.68 bits per heavy atom. The van der Waals surface area contributed by atoms with Crippen LogP contribution in [0.1, 0.15) is 44.2 Å². The number of aliphatic hydroxyl groups excluding tert-OH is 2. The first-order chi connectivity index (χ1) is 17.5. The number of aryl methyl sites for hydroxylation is 1. The fourth-order valence-corrected chi connectivity index (χ4v) is 4.50. The molecule has 0 aromatic heterocycles. The Morgan fingerprint density at radius 3 is 2.27 bits per heavy atom. The topological polar surface area (TPSA) is 113 Å². The van der Waals surface area contributed by atoms with Gasteiger partial charge in [-0.15, -0.1) is 0 Å². The number of halogens is 1. The molecule has 0 spiro atoms. The van der Waals surface area contributed by atoms with E-state index >= 15 is 0 Å². The number of anilines is 1. The van der Waals surface area contributed by atoms with E-state index in [0.29, 0.717) is 24.4 Å². The molecule has 0 unspecified atom stereocenters. The molecule has 1 amide bonds. The van der Waals surface area contributed by atoms with Gasteiger partial charge in [-0.25, -0.2) is 4.39 Å². The van der Waals surface area contributed by atoms with Gasteiger partial charge in [0, 0.05) is 18.8 Å². The van der Waals surface area contributed by atoms with Crippen molar-refractivity contribution in [2.45, 2.75) is 58.8 Å². The van der Waals surface area contributed by atoms with Gasteiger partial charge in [-0.2, -0.15) is 0 Å². The van der Waals surface area contributed by atoms with Gasteiger partial charge in [0.15, 0.2) is 0 Å². The van der Waals surface area contributed by atoms with Crippen molar-refractivity contribution in [3.63, 3.8) is 0 Å². The largest absolute Gasteiger partial charge is 0.481 e. The van der Waals surface area contributed by atoms with Gasteiger partial charge in [-0.1, -0.05) is 43.7 Å². The van der Waals surface area contributed by atoms with E-state index < -0.39 is 24.6 Å². The zero-order chi connectivity index (χ0) is 27.1. The average molecular weight is 514 g/mol. The Bertz CT molecular complexity index is 1100. The lowest BCUT2D eigenvalue weighted by molar-refractivity contribution is -0.139. The first-order valence-corrected chi connectivity index (χ1v) is 12.5. The molecule has 2 atom stereocenters. The minimum absolute atomic E-state index is 0.0275. The quantitative estimate of drug-likeness (QED) is 0.344. The second-order valence-corrected chi connectivity index (χ2v) is 9.77. The van der Waals surface area contributed by atoms with Crippen LogP contribution in [0.25, 0.3) is 0 Å². The number of amides is 1. The zero-order valence-electron chi connectivity index (χ0n) is 21.5. The zero-order valence-corrected chi connectivity index (χ0v) is 21.5. The van der Waals surface area contributed by atoms with E-state index in [2.05, 4.69) is 5.32 Å². The smallest absolute Gasteiger partial charge is 0.305 e. The molecule has 3 rings (SSSR count). The van der Waals surface area contributed by atoms with Crippen LogP contribution in [0, 0.1) is 18.7 Å². The normalized spacial score (nSPS) is 15.3. The second-order valence-electron chi connectivity index (χ2n) is 9.77. The summed E-state index contributed by atoms with van der Waals surface area (Å²) in [6.45, 7) is 6.94. The summed E-state index contributed by atoms with van der Waals surface area (Å²) in [6, 6.07) is 13.9. The summed E-state index contributed by atoms with van der Waals surface area (Å²) in [5.74, 6) is -1.73. The molecule has 4 N–H and O–H groups in total. The van der Waals surface area contributed by atoms with E-state index in [1.165, 1.54) is 12.1 Å². The number of allylic oxidation sites excluding steroid dienone is 1. The van der Waals surface area contributed by atoms with Crippen molar-refractivity contribution in [1.82, 2.24) is 10.3 Å². The molecule has 0 aliphatic carbocycles.